The number of halogens is 1. The van der Waals surface area contributed by atoms with Gasteiger partial charge in [-0.25, -0.2) is 0 Å². The fraction of sp³-hybridized carbons (Fsp3) is 0.326. The number of aliphatic carboxylic acids is 1. The van der Waals surface area contributed by atoms with Crippen LogP contribution in [0.15, 0.2) is 97.3 Å². The van der Waals surface area contributed by atoms with Crippen molar-refractivity contribution in [2.45, 2.75) is 64.5 Å². The van der Waals surface area contributed by atoms with Gasteiger partial charge in [-0.15, -0.1) is 0 Å². The van der Waals surface area contributed by atoms with Crippen molar-refractivity contribution in [1.29, 1.82) is 5.26 Å². The Bertz CT molecular complexity index is 2270. The van der Waals surface area contributed by atoms with Gasteiger partial charge in [0.25, 0.3) is 0 Å². The van der Waals surface area contributed by atoms with Gasteiger partial charge in [0.05, 0.1) is 23.8 Å². The molecule has 58 heavy (non-hydrogen) atoms. The first-order valence-corrected chi connectivity index (χ1v) is 19.6. The van der Waals surface area contributed by atoms with Crippen LogP contribution in [0, 0.1) is 25.2 Å². The van der Waals surface area contributed by atoms with Crippen molar-refractivity contribution < 1.29 is 34.3 Å². The van der Waals surface area contributed by atoms with Gasteiger partial charge in [0.1, 0.15) is 47.7 Å². The average molecular weight is 805 g/mol. The highest BCUT2D eigenvalue weighted by Crippen LogP contribution is 2.37. The van der Waals surface area contributed by atoms with Crippen LogP contribution in [0.4, 0.5) is 0 Å². The monoisotopic (exact) mass is 804 g/mol. The normalized spacial score (nSPS) is 16.4. The van der Waals surface area contributed by atoms with Crippen LogP contribution >= 0.6 is 11.6 Å². The number of ether oxygens (including phenoxy) is 3. The van der Waals surface area contributed by atoms with Gasteiger partial charge in [-0.3, -0.25) is 20.0 Å². The molecule has 12 heteroatoms. The summed E-state index contributed by atoms with van der Waals surface area (Å²) in [5, 5.41) is 43.2. The number of benzene rings is 4. The molecule has 0 radical (unpaired) electrons. The minimum Gasteiger partial charge on any atom is -0.493 e. The number of hydrogen-bond acceptors (Lipinski definition) is 10. The molecule has 1 aliphatic rings. The lowest BCUT2D eigenvalue weighted by atomic mass is 9.93. The molecule has 11 nitrogen and oxygen atoms in total. The van der Waals surface area contributed by atoms with E-state index in [0.717, 1.165) is 65.1 Å². The van der Waals surface area contributed by atoms with Gasteiger partial charge < -0.3 is 29.5 Å². The maximum Gasteiger partial charge on any atom is 0.326 e. The third-order valence-corrected chi connectivity index (χ3v) is 11.1. The maximum absolute atomic E-state index is 11.8. The molecule has 302 valence electrons. The average Bonchev–Trinajstić information content (AvgIpc) is 3.63. The third kappa shape index (κ3) is 9.96. The third-order valence-electron chi connectivity index (χ3n) is 10.8. The Balaban J connectivity index is 1.13. The molecule has 0 aliphatic carbocycles. The van der Waals surface area contributed by atoms with E-state index in [9.17, 15) is 25.4 Å². The van der Waals surface area contributed by atoms with E-state index in [1.165, 1.54) is 13.1 Å². The zero-order chi connectivity index (χ0) is 41.3. The number of nitrogens with zero attached hydrogens (tertiary/aromatic N) is 3. The first-order valence-electron chi connectivity index (χ1n) is 19.3. The minimum absolute atomic E-state index is 0.0238. The number of carboxylic acids is 1. The number of β-amino-alcohol motifs (C(OH)–C–C–N with tert-alkyl or cyclic N) is 1. The second kappa shape index (κ2) is 18.9. The highest BCUT2D eigenvalue weighted by atomic mass is 35.5. The molecule has 2 atom stereocenters. The molecular formula is C46H49ClN4O7. The number of nitriles is 1. The maximum atomic E-state index is 11.8. The Morgan fingerprint density at radius 2 is 1.67 bits per heavy atom. The molecule has 2 heterocycles. The van der Waals surface area contributed by atoms with Crippen molar-refractivity contribution in [2.75, 3.05) is 32.8 Å². The molecule has 1 saturated heterocycles. The van der Waals surface area contributed by atoms with Gasteiger partial charge in [-0.1, -0.05) is 72.3 Å². The van der Waals surface area contributed by atoms with Gasteiger partial charge in [0.15, 0.2) is 0 Å². The van der Waals surface area contributed by atoms with Crippen molar-refractivity contribution in [3.05, 3.63) is 141 Å². The van der Waals surface area contributed by atoms with E-state index in [2.05, 4.69) is 47.3 Å². The first kappa shape index (κ1) is 42.1. The van der Waals surface area contributed by atoms with Crippen molar-refractivity contribution in [3.63, 3.8) is 0 Å². The van der Waals surface area contributed by atoms with Gasteiger partial charge in [-0.05, 0) is 85.2 Å². The second-order valence-electron chi connectivity index (χ2n) is 15.0. The quantitative estimate of drug-likeness (QED) is 0.0658. The Morgan fingerprint density at radius 3 is 2.41 bits per heavy atom. The van der Waals surface area contributed by atoms with Crippen LogP contribution in [0.3, 0.4) is 0 Å². The molecular weight excluding hydrogens is 756 g/mol. The topological polar surface area (TPSA) is 157 Å². The summed E-state index contributed by atoms with van der Waals surface area (Å²) in [6.45, 7) is 8.05. The van der Waals surface area contributed by atoms with Gasteiger partial charge >= 0.3 is 5.97 Å². The van der Waals surface area contributed by atoms with Crippen LogP contribution in [-0.2, 0) is 30.2 Å². The number of aliphatic hydroxyl groups is 2. The highest BCUT2D eigenvalue weighted by molar-refractivity contribution is 6.32. The lowest BCUT2D eigenvalue weighted by molar-refractivity contribution is -0.145. The summed E-state index contributed by atoms with van der Waals surface area (Å²) in [5.41, 5.74) is 5.30. The van der Waals surface area contributed by atoms with Gasteiger partial charge in [0, 0.05) is 55.8 Å². The van der Waals surface area contributed by atoms with E-state index in [0.29, 0.717) is 46.4 Å². The van der Waals surface area contributed by atoms with Crippen molar-refractivity contribution in [3.8, 4) is 34.4 Å². The number of rotatable bonds is 18. The van der Waals surface area contributed by atoms with Gasteiger partial charge in [-0.2, -0.15) is 5.26 Å². The fourth-order valence-electron chi connectivity index (χ4n) is 7.10. The summed E-state index contributed by atoms with van der Waals surface area (Å²) in [4.78, 5) is 18.3. The molecule has 0 saturated carbocycles. The standard InChI is InChI=1S/C46H49ClN4O7/c1-31-35(28-58-43-22-42(57-27-34-20-33(23-48)24-49-25-34)36(21-40(43)47)26-50-45(3,30-52)44(53)54)10-7-13-38(31)39-14-8-15-41(32(39)2)56-19-9-17-51-18-16-46(55,29-51)37-11-5-4-6-12-37/h4-8,10-15,20-22,24-25,50,52,55H,9,16-19,26-30H2,1-3H3,(H,53,54)/t45-,46?/m1/s1. The first-order chi connectivity index (χ1) is 27.9. The van der Waals surface area contributed by atoms with Crippen molar-refractivity contribution >= 4 is 17.6 Å². The molecule has 1 fully saturated rings. The molecule has 4 aromatic carbocycles. The Labute approximate surface area is 344 Å². The summed E-state index contributed by atoms with van der Waals surface area (Å²) in [5.74, 6) is 0.365. The number of hydrogen-bond donors (Lipinski definition) is 4. The van der Waals surface area contributed by atoms with Gasteiger partial charge in [0.2, 0.25) is 0 Å². The van der Waals surface area contributed by atoms with Crippen LogP contribution in [0.2, 0.25) is 5.02 Å². The molecule has 0 amide bonds. The number of aliphatic hydroxyl groups excluding tert-OH is 1. The van der Waals surface area contributed by atoms with E-state index in [-0.39, 0.29) is 19.8 Å². The van der Waals surface area contributed by atoms with Crippen LogP contribution < -0.4 is 19.5 Å². The van der Waals surface area contributed by atoms with E-state index in [1.807, 2.05) is 54.6 Å². The molecule has 1 aromatic heterocycles. The van der Waals surface area contributed by atoms with Crippen LogP contribution in [0.25, 0.3) is 11.1 Å². The summed E-state index contributed by atoms with van der Waals surface area (Å²) >= 11 is 6.76. The van der Waals surface area contributed by atoms with E-state index < -0.39 is 23.7 Å². The summed E-state index contributed by atoms with van der Waals surface area (Å²) in [6, 6.07) is 29.1. The number of pyridine rings is 1. The SMILES string of the molecule is Cc1c(COc2cc(OCc3cncc(C#N)c3)c(CN[C@](C)(CO)C(=O)O)cc2Cl)cccc1-c1cccc(OCCCN2CCC(O)(c3ccccc3)C2)c1C. The lowest BCUT2D eigenvalue weighted by Crippen LogP contribution is -2.52. The summed E-state index contributed by atoms with van der Waals surface area (Å²) < 4.78 is 18.8. The second-order valence-corrected chi connectivity index (χ2v) is 15.4. The molecule has 1 unspecified atom stereocenters. The zero-order valence-corrected chi connectivity index (χ0v) is 33.8. The summed E-state index contributed by atoms with van der Waals surface area (Å²) in [7, 11) is 0. The number of carboxylic acid groups (broad SMARTS) is 1. The molecule has 6 rings (SSSR count). The smallest absolute Gasteiger partial charge is 0.326 e. The summed E-state index contributed by atoms with van der Waals surface area (Å²) in [6.07, 6.45) is 4.61. The Morgan fingerprint density at radius 1 is 0.931 bits per heavy atom. The Kier molecular flexibility index (Phi) is 13.7. The molecule has 1 aliphatic heterocycles. The van der Waals surface area contributed by atoms with E-state index in [1.54, 1.807) is 24.4 Å². The van der Waals surface area contributed by atoms with E-state index in [4.69, 9.17) is 25.8 Å². The predicted octanol–water partition coefficient (Wildman–Crippen LogP) is 7.34. The van der Waals surface area contributed by atoms with E-state index >= 15 is 0 Å². The predicted molar refractivity (Wildman–Crippen MR) is 222 cm³/mol. The van der Waals surface area contributed by atoms with Crippen LogP contribution in [0.5, 0.6) is 17.2 Å². The molecule has 5 aromatic rings. The molecule has 0 spiro atoms. The minimum atomic E-state index is -1.59. The number of carbonyl (C=O) groups is 1. The number of likely N-dealkylation sites (tertiary alicyclic amines) is 1. The molecule has 4 N–H and O–H groups in total. The zero-order valence-electron chi connectivity index (χ0n) is 33.0. The Hall–Kier alpha value is -5.48. The fourth-order valence-corrected chi connectivity index (χ4v) is 7.34. The van der Waals surface area contributed by atoms with Crippen molar-refractivity contribution in [2.24, 2.45) is 0 Å². The number of nitrogens with one attached hydrogen (secondary N) is 1. The van der Waals surface area contributed by atoms with Crippen LogP contribution in [0.1, 0.15) is 58.7 Å². The highest BCUT2D eigenvalue weighted by Gasteiger charge is 2.37. The molecule has 0 bridgehead atoms. The lowest BCUT2D eigenvalue weighted by Gasteiger charge is -2.25. The van der Waals surface area contributed by atoms with Crippen LogP contribution in [-0.4, -0.2) is 69.6 Å². The van der Waals surface area contributed by atoms with Crippen molar-refractivity contribution in [1.82, 2.24) is 15.2 Å². The number of aromatic nitrogens is 1. The largest absolute Gasteiger partial charge is 0.493 e.